The number of carbonyl (C=O) groups is 2. The van der Waals surface area contributed by atoms with Gasteiger partial charge in [-0.3, -0.25) is 10.1 Å². The van der Waals surface area contributed by atoms with Crippen molar-refractivity contribution in [3.05, 3.63) is 34.8 Å². The lowest BCUT2D eigenvalue weighted by Gasteiger charge is -2.04. The number of aromatic nitrogens is 2. The number of carboxylic acid groups (broad SMARTS) is 1. The van der Waals surface area contributed by atoms with Crippen LogP contribution < -0.4 is 10.1 Å². The highest BCUT2D eigenvalue weighted by atomic mass is 32.1. The standard InChI is InChI=1S/C11H9N3O4S/c15-9(14-11-12-2-1-3-13-11)5-18-7-4-8(10(16)17)19-6-7/h1-4,6H,5H2,(H,16,17)(H,12,13,14,15). The zero-order valence-electron chi connectivity index (χ0n) is 9.57. The highest BCUT2D eigenvalue weighted by molar-refractivity contribution is 7.12. The largest absolute Gasteiger partial charge is 0.483 e. The summed E-state index contributed by atoms with van der Waals surface area (Å²) >= 11 is 1.03. The molecule has 2 aromatic heterocycles. The second-order valence-electron chi connectivity index (χ2n) is 3.36. The van der Waals surface area contributed by atoms with E-state index in [9.17, 15) is 9.59 Å². The molecule has 2 rings (SSSR count). The molecule has 19 heavy (non-hydrogen) atoms. The summed E-state index contributed by atoms with van der Waals surface area (Å²) < 4.78 is 5.15. The Morgan fingerprint density at radius 3 is 2.74 bits per heavy atom. The summed E-state index contributed by atoms with van der Waals surface area (Å²) in [5.74, 6) is -0.921. The van der Waals surface area contributed by atoms with Crippen molar-refractivity contribution >= 4 is 29.2 Å². The Kier molecular flexibility index (Phi) is 4.04. The van der Waals surface area contributed by atoms with Gasteiger partial charge in [0, 0.05) is 23.8 Å². The molecule has 98 valence electrons. The third-order valence-electron chi connectivity index (χ3n) is 1.97. The van der Waals surface area contributed by atoms with E-state index in [1.54, 1.807) is 6.07 Å². The lowest BCUT2D eigenvalue weighted by Crippen LogP contribution is -2.21. The average Bonchev–Trinajstić information content (AvgIpc) is 2.86. The van der Waals surface area contributed by atoms with Crippen molar-refractivity contribution in [1.29, 1.82) is 0 Å². The summed E-state index contributed by atoms with van der Waals surface area (Å²) in [4.78, 5) is 30.0. The molecule has 2 heterocycles. The van der Waals surface area contributed by atoms with Crippen LogP contribution in [-0.2, 0) is 4.79 Å². The summed E-state index contributed by atoms with van der Waals surface area (Å²) in [7, 11) is 0. The molecule has 7 nitrogen and oxygen atoms in total. The summed E-state index contributed by atoms with van der Waals surface area (Å²) in [6.07, 6.45) is 3.00. The van der Waals surface area contributed by atoms with Gasteiger partial charge in [-0.1, -0.05) is 0 Å². The van der Waals surface area contributed by atoms with Gasteiger partial charge in [0.25, 0.3) is 5.91 Å². The SMILES string of the molecule is O=C(COc1csc(C(=O)O)c1)Nc1ncccn1. The molecule has 8 heteroatoms. The maximum absolute atomic E-state index is 11.5. The van der Waals surface area contributed by atoms with Gasteiger partial charge in [-0.05, 0) is 6.07 Å². The number of amides is 1. The Hall–Kier alpha value is -2.48. The first-order valence-corrected chi connectivity index (χ1v) is 6.04. The molecule has 0 unspecified atom stereocenters. The van der Waals surface area contributed by atoms with Crippen LogP contribution >= 0.6 is 11.3 Å². The average molecular weight is 279 g/mol. The van der Waals surface area contributed by atoms with Crippen molar-refractivity contribution in [1.82, 2.24) is 9.97 Å². The van der Waals surface area contributed by atoms with Gasteiger partial charge in [0.2, 0.25) is 5.95 Å². The van der Waals surface area contributed by atoms with E-state index in [0.717, 1.165) is 11.3 Å². The fourth-order valence-corrected chi connectivity index (χ4v) is 1.84. The molecule has 0 fully saturated rings. The van der Waals surface area contributed by atoms with E-state index in [1.165, 1.54) is 23.8 Å². The fourth-order valence-electron chi connectivity index (χ4n) is 1.18. The lowest BCUT2D eigenvalue weighted by atomic mass is 10.4. The molecule has 0 aliphatic carbocycles. The van der Waals surface area contributed by atoms with Crippen molar-refractivity contribution in [3.8, 4) is 5.75 Å². The zero-order valence-corrected chi connectivity index (χ0v) is 10.4. The highest BCUT2D eigenvalue weighted by Gasteiger charge is 2.09. The maximum Gasteiger partial charge on any atom is 0.346 e. The predicted octanol–water partition coefficient (Wildman–Crippen LogP) is 1.25. The summed E-state index contributed by atoms with van der Waals surface area (Å²) in [5, 5.41) is 12.7. The third-order valence-corrected chi connectivity index (χ3v) is 2.87. The molecular weight excluding hydrogens is 270 g/mol. The monoisotopic (exact) mass is 279 g/mol. The summed E-state index contributed by atoms with van der Waals surface area (Å²) in [6.45, 7) is -0.242. The third kappa shape index (κ3) is 3.75. The number of carbonyl (C=O) groups excluding carboxylic acids is 1. The number of thiophene rings is 1. The number of aromatic carboxylic acids is 1. The quantitative estimate of drug-likeness (QED) is 0.854. The van der Waals surface area contributed by atoms with Gasteiger partial charge in [-0.2, -0.15) is 0 Å². The lowest BCUT2D eigenvalue weighted by molar-refractivity contribution is -0.118. The van der Waals surface area contributed by atoms with Crippen molar-refractivity contribution in [2.75, 3.05) is 11.9 Å². The van der Waals surface area contributed by atoms with E-state index in [-0.39, 0.29) is 17.4 Å². The Bertz CT molecular complexity index is 585. The number of nitrogens with zero attached hydrogens (tertiary/aromatic N) is 2. The van der Waals surface area contributed by atoms with Gasteiger partial charge in [0.15, 0.2) is 6.61 Å². The van der Waals surface area contributed by atoms with Crippen LogP contribution in [0.25, 0.3) is 0 Å². The molecular formula is C11H9N3O4S. The number of nitrogens with one attached hydrogen (secondary N) is 1. The fraction of sp³-hybridized carbons (Fsp3) is 0.0909. The molecule has 2 aromatic rings. The minimum absolute atomic E-state index is 0.154. The van der Waals surface area contributed by atoms with Gasteiger partial charge >= 0.3 is 5.97 Å². The van der Waals surface area contributed by atoms with Gasteiger partial charge in [-0.25, -0.2) is 14.8 Å². The van der Waals surface area contributed by atoms with E-state index in [4.69, 9.17) is 9.84 Å². The number of hydrogen-bond acceptors (Lipinski definition) is 6. The first-order chi connectivity index (χ1) is 9.15. The topological polar surface area (TPSA) is 101 Å². The van der Waals surface area contributed by atoms with E-state index in [0.29, 0.717) is 5.75 Å². The minimum Gasteiger partial charge on any atom is -0.483 e. The van der Waals surface area contributed by atoms with Crippen molar-refractivity contribution < 1.29 is 19.4 Å². The number of hydrogen-bond donors (Lipinski definition) is 2. The molecule has 0 saturated carbocycles. The Balaban J connectivity index is 1.84. The molecule has 2 N–H and O–H groups in total. The Morgan fingerprint density at radius 1 is 1.37 bits per heavy atom. The molecule has 0 spiro atoms. The second-order valence-corrected chi connectivity index (χ2v) is 4.27. The minimum atomic E-state index is -1.03. The first-order valence-electron chi connectivity index (χ1n) is 5.16. The van der Waals surface area contributed by atoms with E-state index in [2.05, 4.69) is 15.3 Å². The number of rotatable bonds is 5. The molecule has 0 aromatic carbocycles. The molecule has 0 radical (unpaired) electrons. The zero-order chi connectivity index (χ0) is 13.7. The predicted molar refractivity (Wildman–Crippen MR) is 67.4 cm³/mol. The molecule has 0 saturated heterocycles. The van der Waals surface area contributed by atoms with E-state index >= 15 is 0 Å². The first kappa shape index (κ1) is 13.0. The van der Waals surface area contributed by atoms with Crippen LogP contribution in [0, 0.1) is 0 Å². The van der Waals surface area contributed by atoms with Gasteiger partial charge in [0.1, 0.15) is 10.6 Å². The molecule has 0 bridgehead atoms. The molecule has 0 aliphatic heterocycles. The smallest absolute Gasteiger partial charge is 0.346 e. The van der Waals surface area contributed by atoms with Gasteiger partial charge in [0.05, 0.1) is 0 Å². The van der Waals surface area contributed by atoms with Crippen molar-refractivity contribution in [2.24, 2.45) is 0 Å². The number of anilines is 1. The van der Waals surface area contributed by atoms with Crippen LogP contribution in [0.3, 0.4) is 0 Å². The number of carboxylic acids is 1. The molecule has 0 aliphatic rings. The van der Waals surface area contributed by atoms with Gasteiger partial charge in [-0.15, -0.1) is 11.3 Å². The van der Waals surface area contributed by atoms with Crippen LogP contribution in [0.1, 0.15) is 9.67 Å². The molecule has 0 atom stereocenters. The number of ether oxygens (including phenoxy) is 1. The van der Waals surface area contributed by atoms with Crippen LogP contribution in [0.2, 0.25) is 0 Å². The van der Waals surface area contributed by atoms with Crippen LogP contribution in [0.15, 0.2) is 29.9 Å². The van der Waals surface area contributed by atoms with Crippen LogP contribution in [0.5, 0.6) is 5.75 Å². The van der Waals surface area contributed by atoms with Crippen LogP contribution in [0.4, 0.5) is 5.95 Å². The maximum atomic E-state index is 11.5. The Labute approximate surface area is 111 Å². The van der Waals surface area contributed by atoms with Crippen LogP contribution in [-0.4, -0.2) is 33.6 Å². The second kappa shape index (κ2) is 5.91. The summed E-state index contributed by atoms with van der Waals surface area (Å²) in [6, 6.07) is 2.99. The van der Waals surface area contributed by atoms with Crippen molar-refractivity contribution in [3.63, 3.8) is 0 Å². The normalized spacial score (nSPS) is 9.89. The molecule has 1 amide bonds. The highest BCUT2D eigenvalue weighted by Crippen LogP contribution is 2.21. The van der Waals surface area contributed by atoms with E-state index < -0.39 is 11.9 Å². The van der Waals surface area contributed by atoms with Crippen molar-refractivity contribution in [2.45, 2.75) is 0 Å². The summed E-state index contributed by atoms with van der Waals surface area (Å²) in [5.41, 5.74) is 0. The van der Waals surface area contributed by atoms with E-state index in [1.807, 2.05) is 0 Å². The Morgan fingerprint density at radius 2 is 2.11 bits per heavy atom. The van der Waals surface area contributed by atoms with Gasteiger partial charge < -0.3 is 9.84 Å².